The third-order valence-corrected chi connectivity index (χ3v) is 5.10. The first kappa shape index (κ1) is 18.7. The third-order valence-electron chi connectivity index (χ3n) is 5.10. The maximum atomic E-state index is 12.8. The van der Waals surface area contributed by atoms with Crippen LogP contribution in [0.3, 0.4) is 0 Å². The standard InChI is InChI=1S/C22H20N4O3/c23-12-9-20(27)24-17-7-5-16(6-8-17)22(28)26-13-10-15(11-14-26)21-25-18-3-1-2-4-19(18)29-21/h1-8,15H,9-11,13-14H2,(H,24,27). The van der Waals surface area contributed by atoms with Crippen molar-refractivity contribution in [1.29, 1.82) is 5.26 Å². The van der Waals surface area contributed by atoms with Crippen molar-refractivity contribution in [1.82, 2.24) is 9.88 Å². The van der Waals surface area contributed by atoms with E-state index in [-0.39, 0.29) is 24.2 Å². The van der Waals surface area contributed by atoms with Crippen LogP contribution in [-0.4, -0.2) is 34.8 Å². The Morgan fingerprint density at radius 1 is 1.14 bits per heavy atom. The summed E-state index contributed by atoms with van der Waals surface area (Å²) in [5.41, 5.74) is 2.80. The first-order valence-electron chi connectivity index (χ1n) is 9.55. The molecule has 0 unspecified atom stereocenters. The van der Waals surface area contributed by atoms with Crippen molar-refractivity contribution in [2.75, 3.05) is 18.4 Å². The fraction of sp³-hybridized carbons (Fsp3) is 0.273. The van der Waals surface area contributed by atoms with Gasteiger partial charge in [0.25, 0.3) is 5.91 Å². The summed E-state index contributed by atoms with van der Waals surface area (Å²) in [5, 5.41) is 11.2. The Balaban J connectivity index is 1.36. The molecule has 2 amide bonds. The maximum absolute atomic E-state index is 12.8. The fourth-order valence-electron chi connectivity index (χ4n) is 3.55. The summed E-state index contributed by atoms with van der Waals surface area (Å²) < 4.78 is 5.88. The van der Waals surface area contributed by atoms with E-state index in [4.69, 9.17) is 9.68 Å². The zero-order valence-corrected chi connectivity index (χ0v) is 15.8. The highest BCUT2D eigenvalue weighted by Crippen LogP contribution is 2.30. The number of amides is 2. The zero-order valence-electron chi connectivity index (χ0n) is 15.8. The molecule has 0 radical (unpaired) electrons. The molecule has 2 heterocycles. The number of carbonyl (C=O) groups is 2. The van der Waals surface area contributed by atoms with Crippen LogP contribution in [0.5, 0.6) is 0 Å². The number of nitrogens with zero attached hydrogens (tertiary/aromatic N) is 3. The minimum atomic E-state index is -0.368. The molecule has 29 heavy (non-hydrogen) atoms. The Morgan fingerprint density at radius 3 is 2.55 bits per heavy atom. The maximum Gasteiger partial charge on any atom is 0.253 e. The van der Waals surface area contributed by atoms with Crippen LogP contribution in [-0.2, 0) is 4.79 Å². The minimum Gasteiger partial charge on any atom is -0.440 e. The van der Waals surface area contributed by atoms with Gasteiger partial charge in [0.05, 0.1) is 6.07 Å². The van der Waals surface area contributed by atoms with E-state index in [0.717, 1.165) is 29.8 Å². The lowest BCUT2D eigenvalue weighted by atomic mass is 9.96. The molecular weight excluding hydrogens is 368 g/mol. The number of carbonyl (C=O) groups excluding carboxylic acids is 2. The van der Waals surface area contributed by atoms with E-state index in [1.165, 1.54) is 0 Å². The van der Waals surface area contributed by atoms with E-state index < -0.39 is 0 Å². The molecule has 1 fully saturated rings. The van der Waals surface area contributed by atoms with Crippen LogP contribution < -0.4 is 5.32 Å². The third kappa shape index (κ3) is 4.11. The summed E-state index contributed by atoms with van der Waals surface area (Å²) in [7, 11) is 0. The summed E-state index contributed by atoms with van der Waals surface area (Å²) >= 11 is 0. The lowest BCUT2D eigenvalue weighted by molar-refractivity contribution is -0.115. The highest BCUT2D eigenvalue weighted by Gasteiger charge is 2.27. The molecule has 1 aromatic heterocycles. The second kappa shape index (κ2) is 8.15. The number of para-hydroxylation sites is 2. The highest BCUT2D eigenvalue weighted by molar-refractivity contribution is 5.96. The SMILES string of the molecule is N#CCC(=O)Nc1ccc(C(=O)N2CCC(c3nc4ccccc4o3)CC2)cc1. The van der Waals surface area contributed by atoms with Gasteiger partial charge in [-0.25, -0.2) is 4.98 Å². The number of hydrogen-bond donors (Lipinski definition) is 1. The predicted molar refractivity (Wildman–Crippen MR) is 107 cm³/mol. The second-order valence-corrected chi connectivity index (χ2v) is 7.05. The molecule has 1 N–H and O–H groups in total. The van der Waals surface area contributed by atoms with Crippen molar-refractivity contribution < 1.29 is 14.0 Å². The molecule has 3 aromatic rings. The fourth-order valence-corrected chi connectivity index (χ4v) is 3.55. The monoisotopic (exact) mass is 388 g/mol. The van der Waals surface area contributed by atoms with E-state index in [1.807, 2.05) is 29.2 Å². The Morgan fingerprint density at radius 2 is 1.86 bits per heavy atom. The van der Waals surface area contributed by atoms with Gasteiger partial charge in [-0.2, -0.15) is 5.26 Å². The van der Waals surface area contributed by atoms with E-state index in [1.54, 1.807) is 30.3 Å². The van der Waals surface area contributed by atoms with Crippen LogP contribution in [0.4, 0.5) is 5.69 Å². The van der Waals surface area contributed by atoms with Gasteiger partial charge >= 0.3 is 0 Å². The van der Waals surface area contributed by atoms with E-state index in [9.17, 15) is 9.59 Å². The molecule has 0 bridgehead atoms. The number of oxazole rings is 1. The largest absolute Gasteiger partial charge is 0.440 e. The topological polar surface area (TPSA) is 99.2 Å². The van der Waals surface area contributed by atoms with Gasteiger partial charge in [-0.3, -0.25) is 9.59 Å². The normalized spacial score (nSPS) is 14.5. The first-order chi connectivity index (χ1) is 14.1. The lowest BCUT2D eigenvalue weighted by Crippen LogP contribution is -2.38. The molecule has 7 nitrogen and oxygen atoms in total. The van der Waals surface area contributed by atoms with E-state index >= 15 is 0 Å². The summed E-state index contributed by atoms with van der Waals surface area (Å²) in [6.45, 7) is 1.28. The molecule has 1 aliphatic rings. The van der Waals surface area contributed by atoms with Crippen LogP contribution in [0.15, 0.2) is 52.9 Å². The van der Waals surface area contributed by atoms with Crippen molar-refractivity contribution in [3.8, 4) is 6.07 Å². The smallest absolute Gasteiger partial charge is 0.253 e. The van der Waals surface area contributed by atoms with Crippen molar-refractivity contribution in [2.45, 2.75) is 25.2 Å². The number of aromatic nitrogens is 1. The van der Waals surface area contributed by atoms with Crippen LogP contribution in [0.1, 0.15) is 41.4 Å². The number of fused-ring (bicyclic) bond motifs is 1. The second-order valence-electron chi connectivity index (χ2n) is 7.05. The molecule has 1 saturated heterocycles. The van der Waals surface area contributed by atoms with Gasteiger partial charge in [-0.1, -0.05) is 12.1 Å². The number of nitrogens with one attached hydrogen (secondary N) is 1. The number of likely N-dealkylation sites (tertiary alicyclic amines) is 1. The zero-order chi connectivity index (χ0) is 20.2. The van der Waals surface area contributed by atoms with Crippen LogP contribution >= 0.6 is 0 Å². The van der Waals surface area contributed by atoms with E-state index in [2.05, 4.69) is 10.3 Å². The predicted octanol–water partition coefficient (Wildman–Crippen LogP) is 3.70. The molecule has 0 spiro atoms. The molecular formula is C22H20N4O3. The number of nitriles is 1. The Hall–Kier alpha value is -3.66. The number of anilines is 1. The molecule has 1 aliphatic heterocycles. The molecule has 0 saturated carbocycles. The summed E-state index contributed by atoms with van der Waals surface area (Å²) in [4.78, 5) is 30.7. The Kier molecular flexibility index (Phi) is 5.25. The Labute approximate surface area is 167 Å². The van der Waals surface area contributed by atoms with Crippen molar-refractivity contribution in [2.24, 2.45) is 0 Å². The molecule has 0 atom stereocenters. The number of hydrogen-bond acceptors (Lipinski definition) is 5. The number of benzene rings is 2. The molecule has 0 aliphatic carbocycles. The summed E-state index contributed by atoms with van der Waals surface area (Å²) in [6.07, 6.45) is 1.41. The Bertz CT molecular complexity index is 1040. The van der Waals surface area contributed by atoms with Crippen LogP contribution in [0.2, 0.25) is 0 Å². The van der Waals surface area contributed by atoms with Gasteiger partial charge in [0, 0.05) is 30.3 Å². The van der Waals surface area contributed by atoms with Crippen LogP contribution in [0.25, 0.3) is 11.1 Å². The van der Waals surface area contributed by atoms with Crippen molar-refractivity contribution in [3.63, 3.8) is 0 Å². The van der Waals surface area contributed by atoms with Crippen molar-refractivity contribution in [3.05, 3.63) is 60.0 Å². The highest BCUT2D eigenvalue weighted by atomic mass is 16.3. The summed E-state index contributed by atoms with van der Waals surface area (Å²) in [5.74, 6) is 0.559. The average molecular weight is 388 g/mol. The average Bonchev–Trinajstić information content (AvgIpc) is 3.18. The summed E-state index contributed by atoms with van der Waals surface area (Å²) in [6, 6.07) is 16.3. The molecule has 2 aromatic carbocycles. The first-order valence-corrected chi connectivity index (χ1v) is 9.55. The number of rotatable bonds is 4. The minimum absolute atomic E-state index is 0.0316. The van der Waals surface area contributed by atoms with Gasteiger partial charge in [0.2, 0.25) is 5.91 Å². The van der Waals surface area contributed by atoms with Crippen LogP contribution in [0, 0.1) is 11.3 Å². The molecule has 4 rings (SSSR count). The van der Waals surface area contributed by atoms with Gasteiger partial charge < -0.3 is 14.6 Å². The lowest BCUT2D eigenvalue weighted by Gasteiger charge is -2.30. The van der Waals surface area contributed by atoms with Gasteiger partial charge in [0.15, 0.2) is 11.5 Å². The molecule has 7 heteroatoms. The van der Waals surface area contributed by atoms with Gasteiger partial charge in [-0.15, -0.1) is 0 Å². The quantitative estimate of drug-likeness (QED) is 0.735. The van der Waals surface area contributed by atoms with Gasteiger partial charge in [-0.05, 0) is 49.2 Å². The molecule has 146 valence electrons. The van der Waals surface area contributed by atoms with Gasteiger partial charge in [0.1, 0.15) is 11.9 Å². The van der Waals surface area contributed by atoms with Crippen molar-refractivity contribution >= 4 is 28.6 Å². The number of piperidine rings is 1. The van der Waals surface area contributed by atoms with E-state index in [0.29, 0.717) is 24.3 Å².